The molecule has 53 heavy (non-hydrogen) atoms. The van der Waals surface area contributed by atoms with Crippen LogP contribution in [0, 0.1) is 0 Å². The van der Waals surface area contributed by atoms with Crippen LogP contribution >= 0.6 is 0 Å². The molecule has 5 heterocycles. The molecule has 1 fully saturated rings. The molecular weight excluding hydrogens is 716 g/mol. The Hall–Kier alpha value is -5.20. The number of pyridine rings is 1. The molecule has 6 rings (SSSR count). The van der Waals surface area contributed by atoms with Crippen molar-refractivity contribution < 1.29 is 55.3 Å². The lowest BCUT2D eigenvalue weighted by Gasteiger charge is -2.34. The van der Waals surface area contributed by atoms with E-state index in [0.29, 0.717) is 29.8 Å². The summed E-state index contributed by atoms with van der Waals surface area (Å²) in [6, 6.07) is 9.25. The number of carboxylic acids is 1. The lowest BCUT2D eigenvalue weighted by molar-refractivity contribution is -0.193. The molecule has 2 aromatic heterocycles. The van der Waals surface area contributed by atoms with Crippen LogP contribution in [0.2, 0.25) is 0 Å². The second-order valence-corrected chi connectivity index (χ2v) is 12.4. The first-order valence-electron chi connectivity index (χ1n) is 16.8. The first-order valence-corrected chi connectivity index (χ1v) is 16.8. The van der Waals surface area contributed by atoms with E-state index < -0.39 is 35.9 Å². The van der Waals surface area contributed by atoms with E-state index in [4.69, 9.17) is 14.5 Å². The zero-order valence-corrected chi connectivity index (χ0v) is 28.4. The molecule has 286 valence electrons. The number of nitrogens with one attached hydrogen (secondary N) is 3. The molecule has 0 aliphatic carbocycles. The molecule has 0 radical (unpaired) electrons. The Labute approximate surface area is 299 Å². The van der Waals surface area contributed by atoms with Crippen molar-refractivity contribution in [3.63, 3.8) is 0 Å². The van der Waals surface area contributed by atoms with E-state index >= 15 is 0 Å². The summed E-state index contributed by atoms with van der Waals surface area (Å²) in [4.78, 5) is 47.7. The number of carboxylic acid groups (broad SMARTS) is 1. The summed E-state index contributed by atoms with van der Waals surface area (Å²) in [7, 11) is 0. The number of aromatic nitrogens is 3. The summed E-state index contributed by atoms with van der Waals surface area (Å²) in [5, 5.41) is 19.7. The number of ketones is 2. The zero-order chi connectivity index (χ0) is 38.3. The number of alkyl halides is 6. The number of Topliss-reactive ketones (excluding diaryl/α,β-unsaturated/α-hetero) is 2. The average molecular weight is 754 g/mol. The fourth-order valence-electron chi connectivity index (χ4n) is 6.11. The molecular formula is C34H37F6N7O6. The average Bonchev–Trinajstić information content (AvgIpc) is 3.61. The lowest BCUT2D eigenvalue weighted by Crippen LogP contribution is -2.42. The van der Waals surface area contributed by atoms with Crippen molar-refractivity contribution in [2.75, 3.05) is 48.5 Å². The van der Waals surface area contributed by atoms with E-state index in [1.54, 1.807) is 6.33 Å². The quantitative estimate of drug-likeness (QED) is 0.156. The van der Waals surface area contributed by atoms with Crippen LogP contribution in [0.3, 0.4) is 0 Å². The van der Waals surface area contributed by atoms with Gasteiger partial charge >= 0.3 is 29.9 Å². The number of hydrogen-bond acceptors (Lipinski definition) is 12. The summed E-state index contributed by atoms with van der Waals surface area (Å²) in [6.45, 7) is 5.62. The van der Waals surface area contributed by atoms with Crippen LogP contribution < -0.4 is 30.3 Å². The summed E-state index contributed by atoms with van der Waals surface area (Å²) < 4.78 is 77.7. The van der Waals surface area contributed by atoms with Gasteiger partial charge in [0.05, 0.1) is 0 Å². The van der Waals surface area contributed by atoms with Gasteiger partial charge in [0.2, 0.25) is 6.79 Å². The number of piperidine rings is 1. The number of rotatable bonds is 11. The number of halogens is 6. The molecule has 0 spiro atoms. The van der Waals surface area contributed by atoms with Crippen LogP contribution in [0.4, 0.5) is 43.8 Å². The molecule has 0 saturated carbocycles. The number of anilines is 3. The number of carbonyl (C=O) groups is 3. The second-order valence-electron chi connectivity index (χ2n) is 12.4. The maximum atomic E-state index is 12.0. The fourth-order valence-corrected chi connectivity index (χ4v) is 6.11. The Balaban J connectivity index is 0.000000390. The van der Waals surface area contributed by atoms with Gasteiger partial charge in [0.25, 0.3) is 0 Å². The third kappa shape index (κ3) is 9.82. The molecule has 0 amide bonds. The molecule has 0 unspecified atom stereocenters. The highest BCUT2D eigenvalue weighted by Gasteiger charge is 2.54. The standard InChI is InChI=1S/C30H37N7O4.C4F6O2/c1-2-22-28(33-16-24(30(38)39)32-15-19-5-8-25-26(14-19)41-18-40-25)34-17-35-29(22)37-12-9-20(10-13-37)23-7-6-21-4-3-11-31-27(21)36-23;5-3(6,7)1(11)2(12)4(8,9)10/h5-8,14,17,20,24,32H,2-4,9-13,15-16,18H2,1H3,(H,31,36)(H,38,39)(H,33,34,35);/t24-;/m0./s1. The zero-order valence-electron chi connectivity index (χ0n) is 28.4. The molecule has 1 aromatic carbocycles. The van der Waals surface area contributed by atoms with Crippen molar-refractivity contribution in [3.8, 4) is 11.5 Å². The predicted molar refractivity (Wildman–Crippen MR) is 178 cm³/mol. The lowest BCUT2D eigenvalue weighted by atomic mass is 9.92. The first-order chi connectivity index (χ1) is 25.2. The Morgan fingerprint density at radius 3 is 2.36 bits per heavy atom. The molecule has 19 heteroatoms. The van der Waals surface area contributed by atoms with Crippen molar-refractivity contribution in [3.05, 3.63) is 59.0 Å². The third-order valence-corrected chi connectivity index (χ3v) is 8.89. The van der Waals surface area contributed by atoms with Gasteiger partial charge in [0.15, 0.2) is 11.5 Å². The number of aliphatic carboxylic acids is 1. The molecule has 3 aromatic rings. The van der Waals surface area contributed by atoms with Crippen LogP contribution in [-0.4, -0.2) is 89.0 Å². The number of hydrogen-bond donors (Lipinski definition) is 4. The molecule has 0 bridgehead atoms. The molecule has 3 aliphatic heterocycles. The molecule has 13 nitrogen and oxygen atoms in total. The van der Waals surface area contributed by atoms with Crippen molar-refractivity contribution in [1.29, 1.82) is 0 Å². The largest absolute Gasteiger partial charge is 0.480 e. The van der Waals surface area contributed by atoms with Gasteiger partial charge in [-0.25, -0.2) is 15.0 Å². The number of carbonyl (C=O) groups excluding carboxylic acids is 2. The highest BCUT2D eigenvalue weighted by Crippen LogP contribution is 2.34. The highest BCUT2D eigenvalue weighted by molar-refractivity contribution is 6.41. The number of ether oxygens (including phenoxy) is 2. The number of nitrogens with zero attached hydrogens (tertiary/aromatic N) is 4. The van der Waals surface area contributed by atoms with E-state index in [9.17, 15) is 45.8 Å². The Kier molecular flexibility index (Phi) is 12.3. The fraction of sp³-hybridized carbons (Fsp3) is 0.471. The summed E-state index contributed by atoms with van der Waals surface area (Å²) in [5.41, 5.74) is 4.41. The molecule has 4 N–H and O–H groups in total. The topological polar surface area (TPSA) is 168 Å². The minimum absolute atomic E-state index is 0.184. The van der Waals surface area contributed by atoms with Crippen molar-refractivity contribution >= 4 is 35.0 Å². The normalized spacial score (nSPS) is 16.1. The van der Waals surface area contributed by atoms with E-state index in [2.05, 4.69) is 49.9 Å². The van der Waals surface area contributed by atoms with Crippen LogP contribution in [0.15, 0.2) is 36.7 Å². The second kappa shape index (κ2) is 16.6. The number of benzene rings is 1. The smallest absolute Gasteiger partial charge is 0.458 e. The first kappa shape index (κ1) is 39.0. The number of fused-ring (bicyclic) bond motifs is 2. The Morgan fingerprint density at radius 2 is 1.70 bits per heavy atom. The Bertz CT molecular complexity index is 1780. The highest BCUT2D eigenvalue weighted by atomic mass is 19.4. The van der Waals surface area contributed by atoms with Crippen LogP contribution in [0.1, 0.15) is 54.5 Å². The molecule has 3 aliphatic rings. The van der Waals surface area contributed by atoms with Crippen molar-refractivity contribution in [2.45, 2.75) is 69.9 Å². The van der Waals surface area contributed by atoms with Crippen LogP contribution in [-0.2, 0) is 33.8 Å². The van der Waals surface area contributed by atoms with E-state index in [-0.39, 0.29) is 13.3 Å². The van der Waals surface area contributed by atoms with Gasteiger partial charge in [-0.3, -0.25) is 19.7 Å². The minimum Gasteiger partial charge on any atom is -0.480 e. The monoisotopic (exact) mass is 753 g/mol. The van der Waals surface area contributed by atoms with Crippen molar-refractivity contribution in [2.24, 2.45) is 0 Å². The van der Waals surface area contributed by atoms with Crippen molar-refractivity contribution in [1.82, 2.24) is 20.3 Å². The minimum atomic E-state index is -5.77. The maximum Gasteiger partial charge on any atom is 0.458 e. The summed E-state index contributed by atoms with van der Waals surface area (Å²) >= 11 is 0. The third-order valence-electron chi connectivity index (χ3n) is 8.89. The van der Waals surface area contributed by atoms with Gasteiger partial charge in [-0.1, -0.05) is 19.1 Å². The van der Waals surface area contributed by atoms with Gasteiger partial charge in [-0.05, 0) is 61.4 Å². The van der Waals surface area contributed by atoms with Gasteiger partial charge in [-0.15, -0.1) is 0 Å². The van der Waals surface area contributed by atoms with E-state index in [0.717, 1.165) is 74.5 Å². The van der Waals surface area contributed by atoms with Crippen LogP contribution in [0.5, 0.6) is 11.5 Å². The van der Waals surface area contributed by atoms with Crippen LogP contribution in [0.25, 0.3) is 0 Å². The SMILES string of the molecule is CCc1c(NC[C@H](NCc2ccc3c(c2)OCO3)C(=O)O)ncnc1N1CCC(c2ccc3c(n2)NCCC3)CC1.O=C(C(=O)C(F)(F)F)C(F)(F)F. The van der Waals surface area contributed by atoms with E-state index in [1.807, 2.05) is 18.2 Å². The molecule has 1 saturated heterocycles. The Morgan fingerprint density at radius 1 is 1.00 bits per heavy atom. The number of aryl methyl sites for hydroxylation is 1. The van der Waals surface area contributed by atoms with Gasteiger partial charge in [0.1, 0.15) is 29.8 Å². The van der Waals surface area contributed by atoms with Gasteiger partial charge in [-0.2, -0.15) is 26.3 Å². The maximum absolute atomic E-state index is 12.0. The summed E-state index contributed by atoms with van der Waals surface area (Å²) in [5.74, 6) is -3.28. The van der Waals surface area contributed by atoms with E-state index in [1.165, 1.54) is 11.3 Å². The van der Waals surface area contributed by atoms with Gasteiger partial charge < -0.3 is 30.1 Å². The van der Waals surface area contributed by atoms with Gasteiger partial charge in [0, 0.05) is 49.9 Å². The molecule has 1 atom stereocenters. The summed E-state index contributed by atoms with van der Waals surface area (Å²) in [6.07, 6.45) is -4.97. The predicted octanol–water partition coefficient (Wildman–Crippen LogP) is 4.81.